The molecule has 2 aromatic carbocycles. The molecule has 1 aliphatic heterocycles. The smallest absolute Gasteiger partial charge is 0.354 e. The molecule has 1 saturated carbocycles. The number of hydrogen-bond donors (Lipinski definition) is 1. The second kappa shape index (κ2) is 7.79. The van der Waals surface area contributed by atoms with Crippen molar-refractivity contribution in [1.29, 1.82) is 0 Å². The van der Waals surface area contributed by atoms with Gasteiger partial charge in [-0.15, -0.1) is 0 Å². The molecule has 1 aliphatic carbocycles. The molecular weight excluding hydrogens is 470 g/mol. The van der Waals surface area contributed by atoms with Crippen LogP contribution < -0.4 is 11.2 Å². The Morgan fingerprint density at radius 3 is 2.62 bits per heavy atom. The van der Waals surface area contributed by atoms with Crippen molar-refractivity contribution in [1.82, 2.24) is 4.57 Å². The predicted octanol–water partition coefficient (Wildman–Crippen LogP) is 6.33. The van der Waals surface area contributed by atoms with Crippen LogP contribution in [0, 0.1) is 6.92 Å². The fourth-order valence-electron chi connectivity index (χ4n) is 5.63. The number of rotatable bonds is 2. The fourth-order valence-corrected chi connectivity index (χ4v) is 6.75. The van der Waals surface area contributed by atoms with E-state index < -0.39 is 5.63 Å². The van der Waals surface area contributed by atoms with Crippen molar-refractivity contribution in [2.24, 2.45) is 0 Å². The quantitative estimate of drug-likeness (QED) is 0.355. The highest BCUT2D eigenvalue weighted by molar-refractivity contribution is 7.99. The summed E-state index contributed by atoms with van der Waals surface area (Å²) in [5.41, 5.74) is 2.38. The van der Waals surface area contributed by atoms with Crippen molar-refractivity contribution >= 4 is 34.3 Å². The van der Waals surface area contributed by atoms with E-state index in [0.717, 1.165) is 71.3 Å². The number of aryl methyl sites for hydroxylation is 1. The Kier molecular flexibility index (Phi) is 4.94. The van der Waals surface area contributed by atoms with Gasteiger partial charge in [-0.1, -0.05) is 60.3 Å². The molecule has 172 valence electrons. The number of nitrogens with zero attached hydrogens (tertiary/aromatic N) is 1. The maximum absolute atomic E-state index is 13.9. The summed E-state index contributed by atoms with van der Waals surface area (Å²) in [6.45, 7) is 1.95. The lowest BCUT2D eigenvalue weighted by Crippen LogP contribution is -2.31. The third-order valence-electron chi connectivity index (χ3n) is 7.13. The standard InChI is InChI=1S/C27H22ClNO4S/c1-15-6-5-7-17(12-15)34-24-23(30)22-20(33-26(24)32)14-21-27(10-3-2-4-11-27)18-13-16(28)8-9-19(18)29(21)25(22)31/h5-9,12-14,30H,2-4,10-11H2,1H3. The van der Waals surface area contributed by atoms with Crippen LogP contribution in [0.2, 0.25) is 5.02 Å². The minimum atomic E-state index is -0.655. The third kappa shape index (κ3) is 3.08. The molecule has 1 spiro atoms. The van der Waals surface area contributed by atoms with E-state index in [1.807, 2.05) is 43.3 Å². The van der Waals surface area contributed by atoms with Gasteiger partial charge in [-0.05, 0) is 55.7 Å². The van der Waals surface area contributed by atoms with E-state index >= 15 is 0 Å². The molecule has 0 unspecified atom stereocenters. The maximum atomic E-state index is 13.9. The first-order valence-corrected chi connectivity index (χ1v) is 12.6. The monoisotopic (exact) mass is 491 g/mol. The van der Waals surface area contributed by atoms with Crippen LogP contribution in [0.5, 0.6) is 5.75 Å². The van der Waals surface area contributed by atoms with Crippen LogP contribution in [0.3, 0.4) is 0 Å². The van der Waals surface area contributed by atoms with E-state index in [-0.39, 0.29) is 32.6 Å². The first-order chi connectivity index (χ1) is 16.4. The van der Waals surface area contributed by atoms with Gasteiger partial charge < -0.3 is 9.52 Å². The predicted molar refractivity (Wildman–Crippen MR) is 134 cm³/mol. The molecule has 0 saturated heterocycles. The zero-order chi connectivity index (χ0) is 23.6. The molecule has 3 heterocycles. The summed E-state index contributed by atoms with van der Waals surface area (Å²) in [6.07, 6.45) is 5.01. The minimum absolute atomic E-state index is 0.0115. The van der Waals surface area contributed by atoms with Crippen LogP contribution in [0.25, 0.3) is 16.7 Å². The Balaban J connectivity index is 1.63. The van der Waals surface area contributed by atoms with Crippen LogP contribution >= 0.6 is 23.4 Å². The summed E-state index contributed by atoms with van der Waals surface area (Å²) >= 11 is 7.48. The van der Waals surface area contributed by atoms with Crippen molar-refractivity contribution in [3.8, 4) is 11.4 Å². The topological polar surface area (TPSA) is 72.4 Å². The molecule has 0 atom stereocenters. The average Bonchev–Trinajstić information content (AvgIpc) is 3.06. The third-order valence-corrected chi connectivity index (χ3v) is 8.42. The van der Waals surface area contributed by atoms with E-state index in [9.17, 15) is 14.7 Å². The van der Waals surface area contributed by atoms with Gasteiger partial charge in [0.1, 0.15) is 15.9 Å². The summed E-state index contributed by atoms with van der Waals surface area (Å²) < 4.78 is 7.34. The highest BCUT2D eigenvalue weighted by atomic mass is 35.5. The molecule has 0 amide bonds. The molecular formula is C27H22ClNO4S. The number of aromatic nitrogens is 1. The Labute approximate surface area is 205 Å². The van der Waals surface area contributed by atoms with Gasteiger partial charge in [0.15, 0.2) is 5.75 Å². The first kappa shape index (κ1) is 21.6. The van der Waals surface area contributed by atoms with Gasteiger partial charge in [-0.2, -0.15) is 0 Å². The van der Waals surface area contributed by atoms with E-state index in [0.29, 0.717) is 5.02 Å². The van der Waals surface area contributed by atoms with Gasteiger partial charge >= 0.3 is 5.63 Å². The van der Waals surface area contributed by atoms with Gasteiger partial charge in [-0.3, -0.25) is 9.36 Å². The van der Waals surface area contributed by atoms with Gasteiger partial charge in [0.05, 0.1) is 5.69 Å². The Morgan fingerprint density at radius 2 is 1.85 bits per heavy atom. The summed E-state index contributed by atoms with van der Waals surface area (Å²) in [6, 6.07) is 15.0. The zero-order valence-electron chi connectivity index (χ0n) is 18.6. The summed E-state index contributed by atoms with van der Waals surface area (Å²) in [4.78, 5) is 27.6. The Morgan fingerprint density at radius 1 is 1.06 bits per heavy atom. The van der Waals surface area contributed by atoms with E-state index in [1.54, 1.807) is 16.7 Å². The summed E-state index contributed by atoms with van der Waals surface area (Å²) in [7, 11) is 0. The summed E-state index contributed by atoms with van der Waals surface area (Å²) in [5, 5.41) is 11.8. The van der Waals surface area contributed by atoms with Crippen LogP contribution in [0.4, 0.5) is 0 Å². The SMILES string of the molecule is Cc1cccc(Sc2c(O)c3c(=O)n4c(cc3oc2=O)C2(CCCCC2)c2cc(Cl)ccc2-4)c1. The minimum Gasteiger partial charge on any atom is -0.505 e. The maximum Gasteiger partial charge on any atom is 0.354 e. The Hall–Kier alpha value is -2.96. The van der Waals surface area contributed by atoms with Gasteiger partial charge in [0, 0.05) is 27.1 Å². The fraction of sp³-hybridized carbons (Fsp3) is 0.259. The second-order valence-corrected chi connectivity index (χ2v) is 10.7. The van der Waals surface area contributed by atoms with Gasteiger partial charge in [0.25, 0.3) is 5.56 Å². The average molecular weight is 492 g/mol. The number of aromatic hydroxyl groups is 1. The highest BCUT2D eigenvalue weighted by Gasteiger charge is 2.45. The van der Waals surface area contributed by atoms with E-state index in [4.69, 9.17) is 16.0 Å². The van der Waals surface area contributed by atoms with Crippen molar-refractivity contribution in [2.45, 2.75) is 54.2 Å². The number of pyridine rings is 1. The van der Waals surface area contributed by atoms with Crippen LogP contribution in [-0.4, -0.2) is 9.67 Å². The normalized spacial score (nSPS) is 16.1. The lowest BCUT2D eigenvalue weighted by atomic mass is 9.68. The highest BCUT2D eigenvalue weighted by Crippen LogP contribution is 2.52. The van der Waals surface area contributed by atoms with Crippen molar-refractivity contribution < 1.29 is 9.52 Å². The molecule has 34 heavy (non-hydrogen) atoms. The number of halogens is 1. The lowest BCUT2D eigenvalue weighted by Gasteiger charge is -2.34. The first-order valence-electron chi connectivity index (χ1n) is 11.4. The Bertz CT molecular complexity index is 1600. The molecule has 6 rings (SSSR count). The van der Waals surface area contributed by atoms with E-state index in [1.165, 1.54) is 0 Å². The molecule has 2 aromatic heterocycles. The van der Waals surface area contributed by atoms with E-state index in [2.05, 4.69) is 0 Å². The zero-order valence-corrected chi connectivity index (χ0v) is 20.1. The van der Waals surface area contributed by atoms with Crippen molar-refractivity contribution in [3.05, 3.63) is 91.1 Å². The molecule has 1 fully saturated rings. The molecule has 2 aliphatic rings. The van der Waals surface area contributed by atoms with Crippen molar-refractivity contribution in [3.63, 3.8) is 0 Å². The van der Waals surface area contributed by atoms with Gasteiger partial charge in [0.2, 0.25) is 0 Å². The second-order valence-electron chi connectivity index (χ2n) is 9.20. The largest absolute Gasteiger partial charge is 0.505 e. The van der Waals surface area contributed by atoms with Gasteiger partial charge in [-0.25, -0.2) is 4.79 Å². The molecule has 0 bridgehead atoms. The van der Waals surface area contributed by atoms with Crippen LogP contribution in [0.15, 0.2) is 72.3 Å². The number of fused-ring (bicyclic) bond motifs is 6. The molecule has 7 heteroatoms. The molecule has 0 radical (unpaired) electrons. The number of hydrogen-bond acceptors (Lipinski definition) is 5. The van der Waals surface area contributed by atoms with Crippen molar-refractivity contribution in [2.75, 3.05) is 0 Å². The number of benzene rings is 2. The molecule has 4 aromatic rings. The van der Waals surface area contributed by atoms with Crippen LogP contribution in [0.1, 0.15) is 48.9 Å². The lowest BCUT2D eigenvalue weighted by molar-refractivity contribution is 0.346. The molecule has 5 nitrogen and oxygen atoms in total. The van der Waals surface area contributed by atoms with Crippen LogP contribution in [-0.2, 0) is 5.41 Å². The summed E-state index contributed by atoms with van der Waals surface area (Å²) in [5.74, 6) is -0.335. The molecule has 1 N–H and O–H groups in total.